The van der Waals surface area contributed by atoms with Gasteiger partial charge in [-0.25, -0.2) is 9.18 Å². The van der Waals surface area contributed by atoms with E-state index in [9.17, 15) is 9.18 Å². The van der Waals surface area contributed by atoms with Gasteiger partial charge in [0.25, 0.3) is 0 Å². The lowest BCUT2D eigenvalue weighted by Crippen LogP contribution is -2.41. The monoisotopic (exact) mass is 370 g/mol. The standard InChI is InChI=1S/C19H28ClFN2O2/c1-5-22-17(11-13-6-7-16(21)15(20)10-13)14-8-9-23(12-14)18(24)25-19(2,3)4/h6-7,10,14,17,22H,5,8-9,11-12H2,1-4H3. The van der Waals surface area contributed by atoms with Crippen LogP contribution in [-0.4, -0.2) is 42.3 Å². The molecule has 0 bridgehead atoms. The molecule has 1 aromatic rings. The van der Waals surface area contributed by atoms with Gasteiger partial charge in [-0.1, -0.05) is 24.6 Å². The molecule has 4 nitrogen and oxygen atoms in total. The molecule has 0 aromatic heterocycles. The Morgan fingerprint density at radius 3 is 2.80 bits per heavy atom. The van der Waals surface area contributed by atoms with Gasteiger partial charge in [0.05, 0.1) is 5.02 Å². The minimum Gasteiger partial charge on any atom is -0.444 e. The van der Waals surface area contributed by atoms with E-state index in [1.165, 1.54) is 6.07 Å². The van der Waals surface area contributed by atoms with E-state index in [-0.39, 0.29) is 17.2 Å². The number of halogens is 2. The van der Waals surface area contributed by atoms with Crippen LogP contribution in [0.5, 0.6) is 0 Å². The molecule has 0 saturated carbocycles. The van der Waals surface area contributed by atoms with Gasteiger partial charge in [-0.05, 0) is 63.8 Å². The minimum atomic E-state index is -0.485. The Balaban J connectivity index is 2.00. The molecule has 1 aliphatic heterocycles. The Bertz CT molecular complexity index is 604. The second-order valence-electron chi connectivity index (χ2n) is 7.59. The molecule has 25 heavy (non-hydrogen) atoms. The minimum absolute atomic E-state index is 0.148. The number of hydrogen-bond donors (Lipinski definition) is 1. The molecule has 0 radical (unpaired) electrons. The average Bonchev–Trinajstić information content (AvgIpc) is 2.99. The predicted octanol–water partition coefficient (Wildman–Crippen LogP) is 4.26. The third-order valence-electron chi connectivity index (χ3n) is 4.35. The molecule has 1 heterocycles. The first-order valence-electron chi connectivity index (χ1n) is 8.85. The second kappa shape index (κ2) is 8.37. The van der Waals surface area contributed by atoms with Crippen molar-refractivity contribution < 1.29 is 13.9 Å². The highest BCUT2D eigenvalue weighted by Crippen LogP contribution is 2.25. The number of hydrogen-bond acceptors (Lipinski definition) is 3. The number of nitrogens with one attached hydrogen (secondary N) is 1. The molecular formula is C19H28ClFN2O2. The quantitative estimate of drug-likeness (QED) is 0.842. The molecule has 2 rings (SSSR count). The molecule has 1 fully saturated rings. The van der Waals surface area contributed by atoms with Crippen LogP contribution in [0.4, 0.5) is 9.18 Å². The van der Waals surface area contributed by atoms with E-state index in [1.54, 1.807) is 17.0 Å². The third-order valence-corrected chi connectivity index (χ3v) is 4.64. The lowest BCUT2D eigenvalue weighted by atomic mass is 9.92. The molecule has 1 amide bonds. The number of carbonyl (C=O) groups is 1. The summed E-state index contributed by atoms with van der Waals surface area (Å²) in [5, 5.41) is 3.65. The van der Waals surface area contributed by atoms with Crippen molar-refractivity contribution in [2.75, 3.05) is 19.6 Å². The lowest BCUT2D eigenvalue weighted by molar-refractivity contribution is 0.0285. The normalized spacial score (nSPS) is 19.1. The van der Waals surface area contributed by atoms with Crippen molar-refractivity contribution >= 4 is 17.7 Å². The largest absolute Gasteiger partial charge is 0.444 e. The van der Waals surface area contributed by atoms with E-state index in [1.807, 2.05) is 20.8 Å². The summed E-state index contributed by atoms with van der Waals surface area (Å²) in [6.07, 6.45) is 1.42. The summed E-state index contributed by atoms with van der Waals surface area (Å²) in [4.78, 5) is 14.0. The number of nitrogens with zero attached hydrogens (tertiary/aromatic N) is 1. The Kier molecular flexibility index (Phi) is 6.69. The number of rotatable bonds is 5. The van der Waals surface area contributed by atoms with Crippen LogP contribution in [0.3, 0.4) is 0 Å². The molecule has 6 heteroatoms. The zero-order valence-corrected chi connectivity index (χ0v) is 16.2. The van der Waals surface area contributed by atoms with Crippen LogP contribution in [0.25, 0.3) is 0 Å². The molecule has 1 saturated heterocycles. The number of amides is 1. The van der Waals surface area contributed by atoms with E-state index >= 15 is 0 Å². The van der Waals surface area contributed by atoms with Gasteiger partial charge in [0.15, 0.2) is 0 Å². The summed E-state index contributed by atoms with van der Waals surface area (Å²) < 4.78 is 18.8. The van der Waals surface area contributed by atoms with E-state index in [2.05, 4.69) is 12.2 Å². The van der Waals surface area contributed by atoms with Crippen LogP contribution in [0.2, 0.25) is 5.02 Å². The zero-order valence-electron chi connectivity index (χ0n) is 15.4. The molecule has 2 atom stereocenters. The van der Waals surface area contributed by atoms with Crippen LogP contribution >= 0.6 is 11.6 Å². The Hall–Kier alpha value is -1.33. The van der Waals surface area contributed by atoms with Gasteiger partial charge >= 0.3 is 6.09 Å². The SMILES string of the molecule is CCNC(Cc1ccc(F)c(Cl)c1)C1CCN(C(=O)OC(C)(C)C)C1. The summed E-state index contributed by atoms with van der Waals surface area (Å²) in [5.41, 5.74) is 0.509. The molecule has 0 aliphatic carbocycles. The second-order valence-corrected chi connectivity index (χ2v) is 8.00. The summed E-state index contributed by atoms with van der Waals surface area (Å²) >= 11 is 5.90. The fraction of sp³-hybridized carbons (Fsp3) is 0.632. The predicted molar refractivity (Wildman–Crippen MR) is 98.5 cm³/mol. The highest BCUT2D eigenvalue weighted by atomic mass is 35.5. The van der Waals surface area contributed by atoms with Crippen molar-refractivity contribution in [3.8, 4) is 0 Å². The lowest BCUT2D eigenvalue weighted by Gasteiger charge is -2.27. The molecule has 1 N–H and O–H groups in total. The third kappa shape index (κ3) is 5.86. The maximum absolute atomic E-state index is 13.4. The van der Waals surface area contributed by atoms with Crippen LogP contribution in [0.15, 0.2) is 18.2 Å². The topological polar surface area (TPSA) is 41.6 Å². The summed E-state index contributed by atoms with van der Waals surface area (Å²) in [6.45, 7) is 9.88. The van der Waals surface area contributed by atoms with E-state index in [4.69, 9.17) is 16.3 Å². The van der Waals surface area contributed by atoms with Gasteiger partial charge in [0, 0.05) is 19.1 Å². The molecule has 2 unspecified atom stereocenters. The van der Waals surface area contributed by atoms with Crippen LogP contribution in [0, 0.1) is 11.7 Å². The number of carbonyl (C=O) groups excluding carboxylic acids is 1. The van der Waals surface area contributed by atoms with Gasteiger partial charge in [-0.2, -0.15) is 0 Å². The first kappa shape index (κ1) is 20.0. The number of ether oxygens (including phenoxy) is 1. The van der Waals surface area contributed by atoms with E-state index in [0.717, 1.165) is 24.9 Å². The fourth-order valence-corrected chi connectivity index (χ4v) is 3.40. The Morgan fingerprint density at radius 1 is 1.48 bits per heavy atom. The Labute approximate surface area is 154 Å². The smallest absolute Gasteiger partial charge is 0.410 e. The van der Waals surface area contributed by atoms with Crippen molar-refractivity contribution in [2.45, 2.75) is 52.2 Å². The molecule has 1 aliphatic rings. The maximum Gasteiger partial charge on any atom is 0.410 e. The highest BCUT2D eigenvalue weighted by molar-refractivity contribution is 6.30. The van der Waals surface area contributed by atoms with Crippen molar-refractivity contribution in [1.29, 1.82) is 0 Å². The molecule has 140 valence electrons. The van der Waals surface area contributed by atoms with Crippen molar-refractivity contribution in [3.05, 3.63) is 34.6 Å². The van der Waals surface area contributed by atoms with Crippen molar-refractivity contribution in [2.24, 2.45) is 5.92 Å². The van der Waals surface area contributed by atoms with Gasteiger partial charge in [-0.15, -0.1) is 0 Å². The van der Waals surface area contributed by atoms with Crippen molar-refractivity contribution in [1.82, 2.24) is 10.2 Å². The number of likely N-dealkylation sites (tertiary alicyclic amines) is 1. The Morgan fingerprint density at radius 2 is 2.20 bits per heavy atom. The molecular weight excluding hydrogens is 343 g/mol. The highest BCUT2D eigenvalue weighted by Gasteiger charge is 2.33. The van der Waals surface area contributed by atoms with E-state index < -0.39 is 11.4 Å². The first-order valence-corrected chi connectivity index (χ1v) is 9.22. The molecule has 1 aromatic carbocycles. The number of likely N-dealkylation sites (N-methyl/N-ethyl adjacent to an activating group) is 1. The molecule has 0 spiro atoms. The van der Waals surface area contributed by atoms with Gasteiger partial charge in [0.1, 0.15) is 11.4 Å². The van der Waals surface area contributed by atoms with E-state index in [0.29, 0.717) is 19.0 Å². The maximum atomic E-state index is 13.4. The number of benzene rings is 1. The summed E-state index contributed by atoms with van der Waals surface area (Å²) in [6, 6.07) is 5.06. The van der Waals surface area contributed by atoms with Crippen LogP contribution in [-0.2, 0) is 11.2 Å². The van der Waals surface area contributed by atoms with Crippen molar-refractivity contribution in [3.63, 3.8) is 0 Å². The summed E-state index contributed by atoms with van der Waals surface area (Å²) in [7, 11) is 0. The summed E-state index contributed by atoms with van der Waals surface area (Å²) in [5.74, 6) is -0.0707. The van der Waals surface area contributed by atoms with Crippen LogP contribution in [0.1, 0.15) is 39.7 Å². The fourth-order valence-electron chi connectivity index (χ4n) is 3.20. The van der Waals surface area contributed by atoms with Gasteiger partial charge < -0.3 is 15.0 Å². The average molecular weight is 371 g/mol. The first-order chi connectivity index (χ1) is 11.7. The van der Waals surface area contributed by atoms with Gasteiger partial charge in [0.2, 0.25) is 0 Å². The zero-order chi connectivity index (χ0) is 18.6. The van der Waals surface area contributed by atoms with Crippen LogP contribution < -0.4 is 5.32 Å². The van der Waals surface area contributed by atoms with Gasteiger partial charge in [-0.3, -0.25) is 0 Å².